The van der Waals surface area contributed by atoms with Gasteiger partial charge in [-0.2, -0.15) is 5.10 Å². The minimum Gasteiger partial charge on any atom is -0.444 e. The Morgan fingerprint density at radius 2 is 1.84 bits per heavy atom. The summed E-state index contributed by atoms with van der Waals surface area (Å²) in [5.74, 6) is 0.810. The molecule has 0 spiro atoms. The molecule has 3 heterocycles. The molecule has 2 aromatic rings. The van der Waals surface area contributed by atoms with Crippen molar-refractivity contribution in [1.82, 2.24) is 24.6 Å². The number of aryl methyl sites for hydroxylation is 1. The molecule has 0 atom stereocenters. The number of hydrogen-bond donors (Lipinski definition) is 0. The number of carbonyl (C=O) groups is 1. The fourth-order valence-corrected chi connectivity index (χ4v) is 2.65. The van der Waals surface area contributed by atoms with Crippen molar-refractivity contribution < 1.29 is 9.53 Å². The maximum absolute atomic E-state index is 12.1. The van der Waals surface area contributed by atoms with E-state index >= 15 is 0 Å². The Labute approximate surface area is 147 Å². The van der Waals surface area contributed by atoms with E-state index in [4.69, 9.17) is 4.74 Å². The standard InChI is InChI=1S/C17H24N6O2/c1-17(2,3)25-16(24)23-7-5-22(6-8-23)15-11-18-10-14(20-15)13-9-19-21(4)12-13/h9-12H,5-8H2,1-4H3. The average Bonchev–Trinajstić information content (AvgIpc) is 3.00. The van der Waals surface area contributed by atoms with Crippen LogP contribution in [0.5, 0.6) is 0 Å². The summed E-state index contributed by atoms with van der Waals surface area (Å²) in [6, 6.07) is 0. The van der Waals surface area contributed by atoms with Crippen molar-refractivity contribution in [2.24, 2.45) is 7.05 Å². The largest absolute Gasteiger partial charge is 0.444 e. The van der Waals surface area contributed by atoms with Gasteiger partial charge in [0.25, 0.3) is 0 Å². The Morgan fingerprint density at radius 3 is 2.44 bits per heavy atom. The molecule has 2 aromatic heterocycles. The second-order valence-corrected chi connectivity index (χ2v) is 7.12. The number of rotatable bonds is 2. The number of anilines is 1. The van der Waals surface area contributed by atoms with Gasteiger partial charge in [0.05, 0.1) is 24.3 Å². The molecule has 1 saturated heterocycles. The van der Waals surface area contributed by atoms with Gasteiger partial charge in [-0.3, -0.25) is 9.67 Å². The third-order valence-electron chi connectivity index (χ3n) is 3.88. The van der Waals surface area contributed by atoms with E-state index in [0.29, 0.717) is 26.2 Å². The van der Waals surface area contributed by atoms with Crippen molar-refractivity contribution in [3.63, 3.8) is 0 Å². The van der Waals surface area contributed by atoms with Crippen molar-refractivity contribution in [3.05, 3.63) is 24.8 Å². The van der Waals surface area contributed by atoms with Crippen molar-refractivity contribution >= 4 is 11.9 Å². The van der Waals surface area contributed by atoms with E-state index in [2.05, 4.69) is 20.0 Å². The van der Waals surface area contributed by atoms with Gasteiger partial charge in [0.15, 0.2) is 0 Å². The molecule has 3 rings (SSSR count). The van der Waals surface area contributed by atoms with Crippen molar-refractivity contribution in [1.29, 1.82) is 0 Å². The number of aromatic nitrogens is 4. The van der Waals surface area contributed by atoms with Crippen LogP contribution in [-0.2, 0) is 11.8 Å². The molecule has 25 heavy (non-hydrogen) atoms. The highest BCUT2D eigenvalue weighted by molar-refractivity contribution is 5.68. The van der Waals surface area contributed by atoms with Crippen LogP contribution in [0.25, 0.3) is 11.3 Å². The summed E-state index contributed by atoms with van der Waals surface area (Å²) in [6.45, 7) is 8.23. The molecule has 8 nitrogen and oxygen atoms in total. The number of ether oxygens (including phenoxy) is 1. The first-order valence-corrected chi connectivity index (χ1v) is 8.36. The predicted octanol–water partition coefficient (Wildman–Crippen LogP) is 1.93. The lowest BCUT2D eigenvalue weighted by atomic mass is 10.2. The SMILES string of the molecule is Cn1cc(-c2cncc(N3CCN(C(=O)OC(C)(C)C)CC3)n2)cn1. The fraction of sp³-hybridized carbons (Fsp3) is 0.529. The molecular formula is C17H24N6O2. The van der Waals surface area contributed by atoms with Crippen molar-refractivity contribution in [3.8, 4) is 11.3 Å². The molecule has 134 valence electrons. The quantitative estimate of drug-likeness (QED) is 0.829. The zero-order valence-electron chi connectivity index (χ0n) is 15.1. The number of amides is 1. The number of nitrogens with zero attached hydrogens (tertiary/aromatic N) is 6. The van der Waals surface area contributed by atoms with E-state index < -0.39 is 5.60 Å². The van der Waals surface area contributed by atoms with Crippen molar-refractivity contribution in [2.75, 3.05) is 31.1 Å². The first-order valence-electron chi connectivity index (χ1n) is 8.36. The van der Waals surface area contributed by atoms with Gasteiger partial charge in [0.1, 0.15) is 11.4 Å². The molecule has 1 amide bonds. The summed E-state index contributed by atoms with van der Waals surface area (Å²) in [4.78, 5) is 25.0. The highest BCUT2D eigenvalue weighted by Crippen LogP contribution is 2.20. The van der Waals surface area contributed by atoms with Gasteiger partial charge in [-0.1, -0.05) is 0 Å². The van der Waals surface area contributed by atoms with Gasteiger partial charge in [-0.15, -0.1) is 0 Å². The highest BCUT2D eigenvalue weighted by Gasteiger charge is 2.26. The summed E-state index contributed by atoms with van der Waals surface area (Å²) in [5.41, 5.74) is 1.25. The summed E-state index contributed by atoms with van der Waals surface area (Å²) >= 11 is 0. The Bertz CT molecular complexity index is 744. The van der Waals surface area contributed by atoms with Crippen LogP contribution >= 0.6 is 0 Å². The summed E-state index contributed by atoms with van der Waals surface area (Å²) in [6.07, 6.45) is 6.91. The van der Waals surface area contributed by atoms with Crippen LogP contribution in [0.2, 0.25) is 0 Å². The van der Waals surface area contributed by atoms with Gasteiger partial charge >= 0.3 is 6.09 Å². The van der Waals surface area contributed by atoms with Gasteiger partial charge in [0.2, 0.25) is 0 Å². The van der Waals surface area contributed by atoms with Crippen LogP contribution in [-0.4, -0.2) is 62.5 Å². The molecule has 0 bridgehead atoms. The molecular weight excluding hydrogens is 320 g/mol. The monoisotopic (exact) mass is 344 g/mol. The Balaban J connectivity index is 1.64. The van der Waals surface area contributed by atoms with E-state index in [-0.39, 0.29) is 6.09 Å². The molecule has 1 aliphatic heterocycles. The number of carbonyl (C=O) groups excluding carboxylic acids is 1. The minimum atomic E-state index is -0.474. The first-order chi connectivity index (χ1) is 11.8. The third-order valence-corrected chi connectivity index (χ3v) is 3.88. The normalized spacial score (nSPS) is 15.4. The van der Waals surface area contributed by atoms with Crippen LogP contribution in [0, 0.1) is 0 Å². The minimum absolute atomic E-state index is 0.262. The molecule has 8 heteroatoms. The molecule has 0 saturated carbocycles. The molecule has 0 radical (unpaired) electrons. The van der Waals surface area contributed by atoms with E-state index in [0.717, 1.165) is 17.1 Å². The van der Waals surface area contributed by atoms with Gasteiger partial charge in [0, 0.05) is 45.0 Å². The molecule has 0 aliphatic carbocycles. The zero-order valence-corrected chi connectivity index (χ0v) is 15.1. The number of piperazine rings is 1. The molecule has 1 fully saturated rings. The second kappa shape index (κ2) is 6.70. The van der Waals surface area contributed by atoms with E-state index in [1.165, 1.54) is 0 Å². The molecule has 0 unspecified atom stereocenters. The van der Waals surface area contributed by atoms with Gasteiger partial charge in [-0.25, -0.2) is 9.78 Å². The van der Waals surface area contributed by atoms with E-state index in [1.54, 1.807) is 28.2 Å². The fourth-order valence-electron chi connectivity index (χ4n) is 2.65. The maximum Gasteiger partial charge on any atom is 0.410 e. The maximum atomic E-state index is 12.1. The van der Waals surface area contributed by atoms with Gasteiger partial charge < -0.3 is 14.5 Å². The average molecular weight is 344 g/mol. The zero-order chi connectivity index (χ0) is 18.0. The smallest absolute Gasteiger partial charge is 0.410 e. The summed E-state index contributed by atoms with van der Waals surface area (Å²) in [5, 5.41) is 4.17. The predicted molar refractivity (Wildman–Crippen MR) is 94.3 cm³/mol. The summed E-state index contributed by atoms with van der Waals surface area (Å²) in [7, 11) is 1.87. The van der Waals surface area contributed by atoms with Crippen molar-refractivity contribution in [2.45, 2.75) is 26.4 Å². The highest BCUT2D eigenvalue weighted by atomic mass is 16.6. The first kappa shape index (κ1) is 17.2. The Hall–Kier alpha value is -2.64. The van der Waals surface area contributed by atoms with E-state index in [1.807, 2.05) is 34.0 Å². The lowest BCUT2D eigenvalue weighted by molar-refractivity contribution is 0.0240. The Morgan fingerprint density at radius 1 is 1.12 bits per heavy atom. The van der Waals surface area contributed by atoms with Crippen LogP contribution in [0.3, 0.4) is 0 Å². The molecule has 0 N–H and O–H groups in total. The van der Waals surface area contributed by atoms with Crippen LogP contribution < -0.4 is 4.90 Å². The van der Waals surface area contributed by atoms with E-state index in [9.17, 15) is 4.79 Å². The second-order valence-electron chi connectivity index (χ2n) is 7.12. The third kappa shape index (κ3) is 4.26. The van der Waals surface area contributed by atoms with Crippen LogP contribution in [0.1, 0.15) is 20.8 Å². The lowest BCUT2D eigenvalue weighted by Gasteiger charge is -2.36. The topological polar surface area (TPSA) is 76.4 Å². The Kier molecular flexibility index (Phi) is 4.61. The number of hydrogen-bond acceptors (Lipinski definition) is 6. The summed E-state index contributed by atoms with van der Waals surface area (Å²) < 4.78 is 7.17. The van der Waals surface area contributed by atoms with Crippen LogP contribution in [0.4, 0.5) is 10.6 Å². The lowest BCUT2D eigenvalue weighted by Crippen LogP contribution is -2.50. The molecule has 0 aromatic carbocycles. The van der Waals surface area contributed by atoms with Gasteiger partial charge in [-0.05, 0) is 20.8 Å². The van der Waals surface area contributed by atoms with Crippen LogP contribution in [0.15, 0.2) is 24.8 Å². The molecule has 1 aliphatic rings.